The molecule has 0 radical (unpaired) electrons. The van der Waals surface area contributed by atoms with Crippen molar-refractivity contribution < 1.29 is 9.53 Å². The molecule has 1 aliphatic rings. The van der Waals surface area contributed by atoms with E-state index >= 15 is 0 Å². The monoisotopic (exact) mass is 257 g/mol. The zero-order valence-electron chi connectivity index (χ0n) is 11.7. The Bertz CT molecular complexity index is 238. The fourth-order valence-corrected chi connectivity index (χ4v) is 2.16. The number of carbonyl (C=O) groups is 1. The van der Waals surface area contributed by atoms with Crippen molar-refractivity contribution >= 4 is 5.91 Å². The number of nitrogens with zero attached hydrogens (tertiary/aromatic N) is 1. The molecule has 0 aromatic rings. The first-order chi connectivity index (χ1) is 8.63. The molecule has 0 spiro atoms. The van der Waals surface area contributed by atoms with E-state index in [0.717, 1.165) is 45.5 Å². The summed E-state index contributed by atoms with van der Waals surface area (Å²) in [5.74, 6) is 0.0683. The van der Waals surface area contributed by atoms with E-state index in [4.69, 9.17) is 10.5 Å². The molecule has 5 heteroatoms. The first-order valence-corrected chi connectivity index (χ1v) is 6.96. The third-order valence-corrected chi connectivity index (χ3v) is 3.23. The van der Waals surface area contributed by atoms with Crippen LogP contribution in [0.25, 0.3) is 0 Å². The van der Waals surface area contributed by atoms with E-state index < -0.39 is 0 Å². The van der Waals surface area contributed by atoms with E-state index in [9.17, 15) is 4.79 Å². The predicted octanol–water partition coefficient (Wildman–Crippen LogP) is 0.341. The minimum Gasteiger partial charge on any atom is -0.379 e. The van der Waals surface area contributed by atoms with Gasteiger partial charge in [0.25, 0.3) is 0 Å². The number of amides is 1. The lowest BCUT2D eigenvalue weighted by Crippen LogP contribution is -2.46. The number of piperidine rings is 1. The summed E-state index contributed by atoms with van der Waals surface area (Å²) in [6.45, 7) is 7.70. The van der Waals surface area contributed by atoms with Crippen LogP contribution >= 0.6 is 0 Å². The molecule has 0 aliphatic carbocycles. The lowest BCUT2D eigenvalue weighted by Gasteiger charge is -2.32. The Labute approximate surface area is 110 Å². The number of nitrogens with one attached hydrogen (secondary N) is 1. The number of hydrogen-bond donors (Lipinski definition) is 2. The van der Waals surface area contributed by atoms with Crippen LogP contribution in [0, 0.1) is 0 Å². The van der Waals surface area contributed by atoms with Gasteiger partial charge in [-0.2, -0.15) is 0 Å². The number of ether oxygens (including phenoxy) is 1. The van der Waals surface area contributed by atoms with Gasteiger partial charge in [-0.05, 0) is 39.7 Å². The van der Waals surface area contributed by atoms with Crippen LogP contribution in [-0.4, -0.2) is 55.7 Å². The van der Waals surface area contributed by atoms with E-state index in [1.54, 1.807) is 0 Å². The molecule has 1 rings (SSSR count). The van der Waals surface area contributed by atoms with Gasteiger partial charge in [-0.1, -0.05) is 0 Å². The number of nitrogens with two attached hydrogens (primary N) is 1. The lowest BCUT2D eigenvalue weighted by atomic mass is 10.0. The van der Waals surface area contributed by atoms with Gasteiger partial charge in [0.2, 0.25) is 5.91 Å². The third-order valence-electron chi connectivity index (χ3n) is 3.23. The van der Waals surface area contributed by atoms with Gasteiger partial charge in [0.15, 0.2) is 0 Å². The molecule has 1 fully saturated rings. The van der Waals surface area contributed by atoms with E-state index in [2.05, 4.69) is 19.2 Å². The maximum Gasteiger partial charge on any atom is 0.236 e. The van der Waals surface area contributed by atoms with Crippen molar-refractivity contribution in [3.05, 3.63) is 0 Å². The van der Waals surface area contributed by atoms with Crippen molar-refractivity contribution in [1.82, 2.24) is 10.2 Å². The van der Waals surface area contributed by atoms with Crippen molar-refractivity contribution in [3.63, 3.8) is 0 Å². The first kappa shape index (κ1) is 15.4. The molecule has 0 saturated carbocycles. The Morgan fingerprint density at radius 3 is 2.67 bits per heavy atom. The van der Waals surface area contributed by atoms with E-state index in [-0.39, 0.29) is 12.5 Å². The maximum atomic E-state index is 11.4. The largest absolute Gasteiger partial charge is 0.379 e. The Balaban J connectivity index is 2.04. The molecule has 106 valence electrons. The van der Waals surface area contributed by atoms with Gasteiger partial charge in [-0.25, -0.2) is 0 Å². The summed E-state index contributed by atoms with van der Waals surface area (Å²) in [5, 5.41) is 3.52. The van der Waals surface area contributed by atoms with Crippen LogP contribution in [0.5, 0.6) is 0 Å². The van der Waals surface area contributed by atoms with Crippen LogP contribution in [0.4, 0.5) is 0 Å². The summed E-state index contributed by atoms with van der Waals surface area (Å²) in [7, 11) is 0. The van der Waals surface area contributed by atoms with Crippen LogP contribution in [0.15, 0.2) is 0 Å². The number of hydrogen-bond acceptors (Lipinski definition) is 4. The normalized spacial score (nSPS) is 17.4. The molecule has 18 heavy (non-hydrogen) atoms. The molecule has 1 aliphatic heterocycles. The molecule has 0 bridgehead atoms. The molecule has 1 heterocycles. The average Bonchev–Trinajstić information content (AvgIpc) is 2.38. The fraction of sp³-hybridized carbons (Fsp3) is 0.923. The summed E-state index contributed by atoms with van der Waals surface area (Å²) in [6.07, 6.45) is 3.41. The van der Waals surface area contributed by atoms with E-state index in [1.165, 1.54) is 0 Å². The number of carbonyl (C=O) groups excluding carboxylic acids is 1. The van der Waals surface area contributed by atoms with Gasteiger partial charge in [0.05, 0.1) is 12.6 Å². The van der Waals surface area contributed by atoms with Crippen LogP contribution in [-0.2, 0) is 9.53 Å². The van der Waals surface area contributed by atoms with Gasteiger partial charge in [0, 0.05) is 25.7 Å². The van der Waals surface area contributed by atoms with Crippen molar-refractivity contribution in [1.29, 1.82) is 0 Å². The smallest absolute Gasteiger partial charge is 0.236 e. The second-order valence-corrected chi connectivity index (χ2v) is 5.09. The van der Waals surface area contributed by atoms with Gasteiger partial charge < -0.3 is 20.7 Å². The summed E-state index contributed by atoms with van der Waals surface area (Å²) in [4.78, 5) is 13.3. The standard InChI is InChI=1S/C13H27N3O2/c1-11(2)18-9-3-6-15-12-4-7-16(8-5-12)13(17)10-14/h11-12,15H,3-10,14H2,1-2H3. The first-order valence-electron chi connectivity index (χ1n) is 6.96. The Morgan fingerprint density at radius 1 is 1.44 bits per heavy atom. The van der Waals surface area contributed by atoms with Crippen molar-refractivity contribution in [3.8, 4) is 0 Å². The minimum atomic E-state index is 0.0683. The summed E-state index contributed by atoms with van der Waals surface area (Å²) < 4.78 is 5.49. The molecule has 1 amide bonds. The Kier molecular flexibility index (Phi) is 7.23. The number of likely N-dealkylation sites (tertiary alicyclic amines) is 1. The van der Waals surface area contributed by atoms with Gasteiger partial charge in [0.1, 0.15) is 0 Å². The second kappa shape index (κ2) is 8.45. The molecular weight excluding hydrogens is 230 g/mol. The maximum absolute atomic E-state index is 11.4. The molecule has 5 nitrogen and oxygen atoms in total. The van der Waals surface area contributed by atoms with Crippen LogP contribution in [0.2, 0.25) is 0 Å². The highest BCUT2D eigenvalue weighted by Gasteiger charge is 2.21. The highest BCUT2D eigenvalue weighted by Crippen LogP contribution is 2.10. The Hall–Kier alpha value is -0.650. The number of rotatable bonds is 7. The van der Waals surface area contributed by atoms with Gasteiger partial charge >= 0.3 is 0 Å². The van der Waals surface area contributed by atoms with Crippen LogP contribution in [0.1, 0.15) is 33.1 Å². The summed E-state index contributed by atoms with van der Waals surface area (Å²) >= 11 is 0. The summed E-state index contributed by atoms with van der Waals surface area (Å²) in [6, 6.07) is 0.533. The topological polar surface area (TPSA) is 67.6 Å². The lowest BCUT2D eigenvalue weighted by molar-refractivity contribution is -0.130. The summed E-state index contributed by atoms with van der Waals surface area (Å²) in [5.41, 5.74) is 5.35. The Morgan fingerprint density at radius 2 is 2.11 bits per heavy atom. The zero-order chi connectivity index (χ0) is 13.4. The molecule has 0 atom stereocenters. The van der Waals surface area contributed by atoms with Gasteiger partial charge in [-0.3, -0.25) is 4.79 Å². The molecular formula is C13H27N3O2. The van der Waals surface area contributed by atoms with Crippen molar-refractivity contribution in [2.75, 3.05) is 32.8 Å². The zero-order valence-corrected chi connectivity index (χ0v) is 11.7. The highest BCUT2D eigenvalue weighted by atomic mass is 16.5. The molecule has 0 aromatic carbocycles. The minimum absolute atomic E-state index is 0.0683. The highest BCUT2D eigenvalue weighted by molar-refractivity contribution is 5.78. The molecule has 3 N–H and O–H groups in total. The van der Waals surface area contributed by atoms with E-state index in [0.29, 0.717) is 12.1 Å². The molecule has 1 saturated heterocycles. The van der Waals surface area contributed by atoms with Gasteiger partial charge in [-0.15, -0.1) is 0 Å². The second-order valence-electron chi connectivity index (χ2n) is 5.09. The fourth-order valence-electron chi connectivity index (χ4n) is 2.16. The van der Waals surface area contributed by atoms with Crippen LogP contribution < -0.4 is 11.1 Å². The molecule has 0 unspecified atom stereocenters. The molecule has 0 aromatic heterocycles. The average molecular weight is 257 g/mol. The van der Waals surface area contributed by atoms with Crippen molar-refractivity contribution in [2.24, 2.45) is 5.73 Å². The SMILES string of the molecule is CC(C)OCCCNC1CCN(C(=O)CN)CC1. The van der Waals surface area contributed by atoms with Crippen molar-refractivity contribution in [2.45, 2.75) is 45.3 Å². The predicted molar refractivity (Wildman–Crippen MR) is 72.4 cm³/mol. The van der Waals surface area contributed by atoms with Crippen LogP contribution in [0.3, 0.4) is 0 Å². The quantitative estimate of drug-likeness (QED) is 0.645. The van der Waals surface area contributed by atoms with E-state index in [1.807, 2.05) is 4.90 Å². The third kappa shape index (κ3) is 5.80.